The van der Waals surface area contributed by atoms with Crippen LogP contribution in [0.3, 0.4) is 0 Å². The lowest BCUT2D eigenvalue weighted by Gasteiger charge is -2.15. The molecule has 0 fully saturated rings. The number of rotatable bonds is 6. The Morgan fingerprint density at radius 1 is 1.11 bits per heavy atom. The molecule has 0 spiro atoms. The number of carbonyl (C=O) groups excluding carboxylic acids is 1. The van der Waals surface area contributed by atoms with Crippen LogP contribution >= 0.6 is 11.6 Å². The van der Waals surface area contributed by atoms with E-state index in [9.17, 15) is 4.79 Å². The molecule has 0 bridgehead atoms. The Kier molecular flexibility index (Phi) is 5.86. The third-order valence-corrected chi connectivity index (χ3v) is 4.67. The SMILES string of the molecule is CC(C)c1ccc(-c2nnn(CC(=O)N[C@H](C)c3ccccc3Cl)n2)cc1. The summed E-state index contributed by atoms with van der Waals surface area (Å²) in [5, 5.41) is 15.8. The van der Waals surface area contributed by atoms with E-state index < -0.39 is 0 Å². The lowest BCUT2D eigenvalue weighted by atomic mass is 10.0. The van der Waals surface area contributed by atoms with Crippen LogP contribution in [0.5, 0.6) is 0 Å². The summed E-state index contributed by atoms with van der Waals surface area (Å²) in [6.45, 7) is 6.17. The minimum absolute atomic E-state index is 0.00807. The van der Waals surface area contributed by atoms with Gasteiger partial charge in [0.05, 0.1) is 6.04 Å². The Hall–Kier alpha value is -2.73. The van der Waals surface area contributed by atoms with Crippen LogP contribution in [0.4, 0.5) is 0 Å². The maximum absolute atomic E-state index is 12.3. The molecule has 0 saturated carbocycles. The fourth-order valence-electron chi connectivity index (χ4n) is 2.76. The van der Waals surface area contributed by atoms with Crippen molar-refractivity contribution in [2.45, 2.75) is 39.3 Å². The predicted molar refractivity (Wildman–Crippen MR) is 105 cm³/mol. The van der Waals surface area contributed by atoms with Crippen LogP contribution in [0.15, 0.2) is 48.5 Å². The Bertz CT molecular complexity index is 920. The maximum Gasteiger partial charge on any atom is 0.244 e. The minimum atomic E-state index is -0.210. The number of carbonyl (C=O) groups is 1. The van der Waals surface area contributed by atoms with Gasteiger partial charge < -0.3 is 5.32 Å². The van der Waals surface area contributed by atoms with Crippen molar-refractivity contribution in [2.75, 3.05) is 0 Å². The van der Waals surface area contributed by atoms with E-state index in [2.05, 4.69) is 46.7 Å². The van der Waals surface area contributed by atoms with Gasteiger partial charge in [0, 0.05) is 10.6 Å². The first kappa shape index (κ1) is 19.0. The summed E-state index contributed by atoms with van der Waals surface area (Å²) in [6, 6.07) is 15.3. The third-order valence-electron chi connectivity index (χ3n) is 4.32. The highest BCUT2D eigenvalue weighted by atomic mass is 35.5. The summed E-state index contributed by atoms with van der Waals surface area (Å²) in [7, 11) is 0. The van der Waals surface area contributed by atoms with Gasteiger partial charge in [-0.25, -0.2) is 0 Å². The van der Waals surface area contributed by atoms with E-state index in [4.69, 9.17) is 11.6 Å². The standard InChI is InChI=1S/C20H22ClN5O/c1-13(2)15-8-10-16(11-9-15)20-23-25-26(24-20)12-19(27)22-14(3)17-6-4-5-7-18(17)21/h4-11,13-14H,12H2,1-3H3,(H,22,27)/t14-/m1/s1. The molecule has 0 aliphatic rings. The summed E-state index contributed by atoms with van der Waals surface area (Å²) in [5.74, 6) is 0.755. The van der Waals surface area contributed by atoms with E-state index in [1.165, 1.54) is 10.4 Å². The highest BCUT2D eigenvalue weighted by Gasteiger charge is 2.14. The monoisotopic (exact) mass is 383 g/mol. The largest absolute Gasteiger partial charge is 0.348 e. The van der Waals surface area contributed by atoms with Gasteiger partial charge >= 0.3 is 0 Å². The summed E-state index contributed by atoms with van der Waals surface area (Å²) < 4.78 is 0. The van der Waals surface area contributed by atoms with Crippen molar-refractivity contribution >= 4 is 17.5 Å². The second-order valence-electron chi connectivity index (χ2n) is 6.73. The highest BCUT2D eigenvalue weighted by Crippen LogP contribution is 2.22. The molecular weight excluding hydrogens is 362 g/mol. The Labute approximate surface area is 163 Å². The lowest BCUT2D eigenvalue weighted by Crippen LogP contribution is -2.31. The van der Waals surface area contributed by atoms with Crippen LogP contribution in [0.2, 0.25) is 5.02 Å². The maximum atomic E-state index is 12.3. The zero-order valence-electron chi connectivity index (χ0n) is 15.6. The van der Waals surface area contributed by atoms with Gasteiger partial charge in [-0.2, -0.15) is 4.80 Å². The third kappa shape index (κ3) is 4.71. The van der Waals surface area contributed by atoms with E-state index in [-0.39, 0.29) is 18.5 Å². The first-order valence-electron chi connectivity index (χ1n) is 8.86. The van der Waals surface area contributed by atoms with Gasteiger partial charge in [-0.1, -0.05) is 67.9 Å². The number of halogens is 1. The molecule has 0 aliphatic heterocycles. The molecule has 27 heavy (non-hydrogen) atoms. The topological polar surface area (TPSA) is 72.7 Å². The normalized spacial score (nSPS) is 12.2. The van der Waals surface area contributed by atoms with Gasteiger partial charge in [0.25, 0.3) is 0 Å². The van der Waals surface area contributed by atoms with Crippen LogP contribution in [0.1, 0.15) is 43.9 Å². The van der Waals surface area contributed by atoms with Crippen LogP contribution in [-0.4, -0.2) is 26.1 Å². The summed E-state index contributed by atoms with van der Waals surface area (Å²) in [6.07, 6.45) is 0. The van der Waals surface area contributed by atoms with Crippen LogP contribution in [0.25, 0.3) is 11.4 Å². The Morgan fingerprint density at radius 3 is 2.48 bits per heavy atom. The van der Waals surface area contributed by atoms with Crippen molar-refractivity contribution < 1.29 is 4.79 Å². The van der Waals surface area contributed by atoms with E-state index in [0.29, 0.717) is 16.8 Å². The molecule has 1 aromatic heterocycles. The molecule has 1 N–H and O–H groups in total. The molecular formula is C20H22ClN5O. The molecule has 0 unspecified atom stereocenters. The number of hydrogen-bond donors (Lipinski definition) is 1. The van der Waals surface area contributed by atoms with Crippen LogP contribution in [-0.2, 0) is 11.3 Å². The molecule has 7 heteroatoms. The van der Waals surface area contributed by atoms with Crippen molar-refractivity contribution in [3.05, 3.63) is 64.7 Å². The van der Waals surface area contributed by atoms with Crippen molar-refractivity contribution in [1.82, 2.24) is 25.5 Å². The summed E-state index contributed by atoms with van der Waals surface area (Å²) in [5.41, 5.74) is 2.99. The van der Waals surface area contributed by atoms with Crippen molar-refractivity contribution in [1.29, 1.82) is 0 Å². The van der Waals surface area contributed by atoms with E-state index in [1.54, 1.807) is 6.07 Å². The fraction of sp³-hybridized carbons (Fsp3) is 0.300. The average molecular weight is 384 g/mol. The number of hydrogen-bond acceptors (Lipinski definition) is 4. The number of nitrogens with zero attached hydrogens (tertiary/aromatic N) is 4. The van der Waals surface area contributed by atoms with Gasteiger partial charge in [-0.15, -0.1) is 10.2 Å². The molecule has 2 aromatic carbocycles. The Morgan fingerprint density at radius 2 is 1.81 bits per heavy atom. The van der Waals surface area contributed by atoms with Gasteiger partial charge in [-0.3, -0.25) is 4.79 Å². The molecule has 1 heterocycles. The van der Waals surface area contributed by atoms with E-state index in [0.717, 1.165) is 11.1 Å². The summed E-state index contributed by atoms with van der Waals surface area (Å²) in [4.78, 5) is 13.6. The summed E-state index contributed by atoms with van der Waals surface area (Å²) >= 11 is 6.17. The smallest absolute Gasteiger partial charge is 0.244 e. The number of tetrazole rings is 1. The van der Waals surface area contributed by atoms with Gasteiger partial charge in [0.15, 0.2) is 0 Å². The molecule has 3 aromatic rings. The molecule has 0 saturated heterocycles. The highest BCUT2D eigenvalue weighted by molar-refractivity contribution is 6.31. The number of nitrogens with one attached hydrogen (secondary N) is 1. The van der Waals surface area contributed by atoms with Crippen LogP contribution < -0.4 is 5.32 Å². The van der Waals surface area contributed by atoms with Gasteiger partial charge in [-0.05, 0) is 35.2 Å². The quantitative estimate of drug-likeness (QED) is 0.698. The van der Waals surface area contributed by atoms with Crippen LogP contribution in [0, 0.1) is 0 Å². The molecule has 1 atom stereocenters. The number of aromatic nitrogens is 4. The van der Waals surface area contributed by atoms with Crippen molar-refractivity contribution in [2.24, 2.45) is 0 Å². The van der Waals surface area contributed by atoms with Crippen molar-refractivity contribution in [3.63, 3.8) is 0 Å². The predicted octanol–water partition coefficient (Wildman–Crippen LogP) is 3.99. The van der Waals surface area contributed by atoms with E-state index in [1.807, 2.05) is 37.3 Å². The van der Waals surface area contributed by atoms with Gasteiger partial charge in [0.2, 0.25) is 11.7 Å². The molecule has 140 valence electrons. The number of benzene rings is 2. The zero-order chi connectivity index (χ0) is 19.4. The molecule has 3 rings (SSSR count). The minimum Gasteiger partial charge on any atom is -0.348 e. The zero-order valence-corrected chi connectivity index (χ0v) is 16.3. The first-order chi connectivity index (χ1) is 12.9. The second-order valence-corrected chi connectivity index (χ2v) is 7.14. The molecule has 0 radical (unpaired) electrons. The second kappa shape index (κ2) is 8.31. The lowest BCUT2D eigenvalue weighted by molar-refractivity contribution is -0.122. The fourth-order valence-corrected chi connectivity index (χ4v) is 3.06. The number of amides is 1. The van der Waals surface area contributed by atoms with Crippen molar-refractivity contribution in [3.8, 4) is 11.4 Å². The molecule has 6 nitrogen and oxygen atoms in total. The molecule has 1 amide bonds. The molecule has 0 aliphatic carbocycles. The van der Waals surface area contributed by atoms with Gasteiger partial charge in [0.1, 0.15) is 6.54 Å². The first-order valence-corrected chi connectivity index (χ1v) is 9.23. The average Bonchev–Trinajstić information content (AvgIpc) is 3.10. The Balaban J connectivity index is 1.63. The van der Waals surface area contributed by atoms with E-state index >= 15 is 0 Å².